The molecule has 2 N–H and O–H groups in total. The van der Waals surface area contributed by atoms with Crippen molar-refractivity contribution in [1.29, 1.82) is 0 Å². The molecule has 2 nitrogen and oxygen atoms in total. The highest BCUT2D eigenvalue weighted by molar-refractivity contribution is 9.10. The van der Waals surface area contributed by atoms with Crippen LogP contribution in [-0.2, 0) is 6.54 Å². The lowest BCUT2D eigenvalue weighted by molar-refractivity contribution is 0.214. The minimum absolute atomic E-state index is 0.0769. The lowest BCUT2D eigenvalue weighted by Gasteiger charge is -2.30. The Bertz CT molecular complexity index is 569. The summed E-state index contributed by atoms with van der Waals surface area (Å²) in [4.78, 5) is 3.60. The van der Waals surface area contributed by atoms with E-state index in [0.717, 1.165) is 15.5 Å². The van der Waals surface area contributed by atoms with Gasteiger partial charge in [-0.2, -0.15) is 0 Å². The van der Waals surface area contributed by atoms with Crippen LogP contribution in [0.25, 0.3) is 0 Å². The number of benzene rings is 1. The van der Waals surface area contributed by atoms with E-state index >= 15 is 0 Å². The second-order valence-corrected chi connectivity index (χ2v) is 7.69. The molecule has 20 heavy (non-hydrogen) atoms. The molecule has 108 valence electrons. The maximum atomic E-state index is 6.21. The second kappa shape index (κ2) is 7.18. The Balaban J connectivity index is 2.20. The molecule has 0 aliphatic carbocycles. The van der Waals surface area contributed by atoms with Gasteiger partial charge in [-0.1, -0.05) is 34.1 Å². The van der Waals surface area contributed by atoms with E-state index in [4.69, 9.17) is 5.73 Å². The molecule has 2 aromatic rings. The van der Waals surface area contributed by atoms with Crippen molar-refractivity contribution in [3.05, 3.63) is 55.1 Å². The van der Waals surface area contributed by atoms with Gasteiger partial charge in [-0.15, -0.1) is 11.3 Å². The Morgan fingerprint density at radius 1 is 1.30 bits per heavy atom. The predicted molar refractivity (Wildman–Crippen MR) is 94.0 cm³/mol. The van der Waals surface area contributed by atoms with Crippen molar-refractivity contribution in [2.24, 2.45) is 5.73 Å². The molecule has 1 aromatic carbocycles. The first kappa shape index (κ1) is 16.2. The topological polar surface area (TPSA) is 29.3 Å². The van der Waals surface area contributed by atoms with Crippen molar-refractivity contribution in [2.45, 2.75) is 25.6 Å². The highest BCUT2D eigenvalue weighted by Gasteiger charge is 2.23. The SMILES string of the molecule is CC(N)C(c1cc(Br)cs1)N(C)Cc1ccccc1Br. The van der Waals surface area contributed by atoms with E-state index in [0.29, 0.717) is 0 Å². The van der Waals surface area contributed by atoms with Crippen LogP contribution in [-0.4, -0.2) is 18.0 Å². The van der Waals surface area contributed by atoms with Gasteiger partial charge in [0.05, 0.1) is 6.04 Å². The molecule has 0 aliphatic heterocycles. The summed E-state index contributed by atoms with van der Waals surface area (Å²) in [6, 6.07) is 10.8. The molecular weight excluding hydrogens is 400 g/mol. The molecule has 5 heteroatoms. The molecule has 0 spiro atoms. The fourth-order valence-corrected chi connectivity index (χ4v) is 4.49. The summed E-state index contributed by atoms with van der Waals surface area (Å²) in [5.41, 5.74) is 7.48. The third-order valence-corrected chi connectivity index (χ3v) is 5.77. The zero-order valence-corrected chi connectivity index (χ0v) is 15.5. The number of nitrogens with zero attached hydrogens (tertiary/aromatic N) is 1. The smallest absolute Gasteiger partial charge is 0.0591 e. The van der Waals surface area contributed by atoms with Gasteiger partial charge in [-0.05, 0) is 47.6 Å². The van der Waals surface area contributed by atoms with Crippen LogP contribution in [0.15, 0.2) is 44.7 Å². The Morgan fingerprint density at radius 2 is 2.00 bits per heavy atom. The van der Waals surface area contributed by atoms with Crippen molar-refractivity contribution in [2.75, 3.05) is 7.05 Å². The molecule has 0 fully saturated rings. The first-order valence-electron chi connectivity index (χ1n) is 6.42. The van der Waals surface area contributed by atoms with Gasteiger partial charge in [0.15, 0.2) is 0 Å². The van der Waals surface area contributed by atoms with Crippen LogP contribution in [0.3, 0.4) is 0 Å². The van der Waals surface area contributed by atoms with Gasteiger partial charge in [0.2, 0.25) is 0 Å². The highest BCUT2D eigenvalue weighted by Crippen LogP contribution is 2.32. The zero-order valence-electron chi connectivity index (χ0n) is 11.5. The number of thiophene rings is 1. The molecule has 0 bridgehead atoms. The van der Waals surface area contributed by atoms with Gasteiger partial charge >= 0.3 is 0 Å². The summed E-state index contributed by atoms with van der Waals surface area (Å²) < 4.78 is 2.26. The molecule has 2 rings (SSSR count). The second-order valence-electron chi connectivity index (χ2n) is 4.98. The van der Waals surface area contributed by atoms with E-state index in [1.807, 2.05) is 6.07 Å². The summed E-state index contributed by atoms with van der Waals surface area (Å²) in [7, 11) is 2.13. The fourth-order valence-electron chi connectivity index (χ4n) is 2.35. The average Bonchev–Trinajstić information content (AvgIpc) is 2.78. The summed E-state index contributed by atoms with van der Waals surface area (Å²) in [6.45, 7) is 2.93. The maximum Gasteiger partial charge on any atom is 0.0591 e. The number of hydrogen-bond acceptors (Lipinski definition) is 3. The predicted octanol–water partition coefficient (Wildman–Crippen LogP) is 4.79. The van der Waals surface area contributed by atoms with Gasteiger partial charge in [-0.25, -0.2) is 0 Å². The largest absolute Gasteiger partial charge is 0.326 e. The van der Waals surface area contributed by atoms with Gasteiger partial charge < -0.3 is 5.73 Å². The van der Waals surface area contributed by atoms with Crippen LogP contribution in [0, 0.1) is 0 Å². The van der Waals surface area contributed by atoms with Crippen LogP contribution in [0.1, 0.15) is 23.4 Å². The Labute approximate surface area is 141 Å². The van der Waals surface area contributed by atoms with Crippen LogP contribution in [0.2, 0.25) is 0 Å². The minimum Gasteiger partial charge on any atom is -0.326 e. The van der Waals surface area contributed by atoms with Gasteiger partial charge in [0, 0.05) is 31.8 Å². The molecule has 0 saturated carbocycles. The van der Waals surface area contributed by atoms with Crippen molar-refractivity contribution in [3.63, 3.8) is 0 Å². The summed E-state index contributed by atoms with van der Waals surface area (Å²) >= 11 is 8.88. The number of likely N-dealkylation sites (N-methyl/N-ethyl adjacent to an activating group) is 1. The summed E-state index contributed by atoms with van der Waals surface area (Å²) in [5, 5.41) is 2.11. The third-order valence-electron chi connectivity index (χ3n) is 3.23. The first-order chi connectivity index (χ1) is 9.49. The van der Waals surface area contributed by atoms with Gasteiger partial charge in [0.25, 0.3) is 0 Å². The average molecular weight is 418 g/mol. The molecule has 2 atom stereocenters. The van der Waals surface area contributed by atoms with Gasteiger partial charge in [0.1, 0.15) is 0 Å². The van der Waals surface area contributed by atoms with E-state index < -0.39 is 0 Å². The van der Waals surface area contributed by atoms with Crippen LogP contribution in [0.5, 0.6) is 0 Å². The molecule has 0 aliphatic rings. The zero-order chi connectivity index (χ0) is 14.7. The number of hydrogen-bond donors (Lipinski definition) is 1. The first-order valence-corrected chi connectivity index (χ1v) is 8.88. The molecule has 2 unspecified atom stereocenters. The molecule has 0 saturated heterocycles. The van der Waals surface area contributed by atoms with E-state index in [-0.39, 0.29) is 12.1 Å². The number of rotatable bonds is 5. The van der Waals surface area contributed by atoms with E-state index in [1.165, 1.54) is 10.4 Å². The Morgan fingerprint density at radius 3 is 2.55 bits per heavy atom. The fraction of sp³-hybridized carbons (Fsp3) is 0.333. The van der Waals surface area contributed by atoms with Crippen molar-refractivity contribution in [3.8, 4) is 0 Å². The molecular formula is C15H18Br2N2S. The van der Waals surface area contributed by atoms with E-state index in [2.05, 4.69) is 80.4 Å². The molecule has 0 radical (unpaired) electrons. The van der Waals surface area contributed by atoms with Crippen molar-refractivity contribution < 1.29 is 0 Å². The normalized spacial score (nSPS) is 14.5. The Hall–Kier alpha value is -0.200. The van der Waals surface area contributed by atoms with Crippen molar-refractivity contribution >= 4 is 43.2 Å². The maximum absolute atomic E-state index is 6.21. The van der Waals surface area contributed by atoms with Crippen LogP contribution >= 0.6 is 43.2 Å². The van der Waals surface area contributed by atoms with E-state index in [1.54, 1.807) is 11.3 Å². The van der Waals surface area contributed by atoms with Gasteiger partial charge in [-0.3, -0.25) is 4.90 Å². The molecule has 0 amide bonds. The monoisotopic (exact) mass is 416 g/mol. The standard InChI is InChI=1S/C15H18Br2N2S/c1-10(18)15(14-7-12(16)9-20-14)19(2)8-11-5-3-4-6-13(11)17/h3-7,9-10,15H,8,18H2,1-2H3. The molecule has 1 aromatic heterocycles. The Kier molecular flexibility index (Phi) is 5.81. The number of halogens is 2. The lowest BCUT2D eigenvalue weighted by atomic mass is 10.1. The van der Waals surface area contributed by atoms with Crippen LogP contribution < -0.4 is 5.73 Å². The quantitative estimate of drug-likeness (QED) is 0.757. The number of nitrogens with two attached hydrogens (primary N) is 1. The molecule has 1 heterocycles. The lowest BCUT2D eigenvalue weighted by Crippen LogP contribution is -2.36. The minimum atomic E-state index is 0.0769. The third kappa shape index (κ3) is 3.92. The summed E-state index contributed by atoms with van der Waals surface area (Å²) in [5.74, 6) is 0. The van der Waals surface area contributed by atoms with Crippen LogP contribution in [0.4, 0.5) is 0 Å². The highest BCUT2D eigenvalue weighted by atomic mass is 79.9. The summed E-state index contributed by atoms with van der Waals surface area (Å²) in [6.07, 6.45) is 0. The van der Waals surface area contributed by atoms with Crippen molar-refractivity contribution in [1.82, 2.24) is 4.90 Å². The van der Waals surface area contributed by atoms with E-state index in [9.17, 15) is 0 Å².